The molecule has 188 valence electrons. The van der Waals surface area contributed by atoms with Gasteiger partial charge in [0.25, 0.3) is 0 Å². The van der Waals surface area contributed by atoms with Crippen molar-refractivity contribution in [1.29, 1.82) is 0 Å². The van der Waals surface area contributed by atoms with Crippen LogP contribution in [0.3, 0.4) is 0 Å². The number of carbonyl (C=O) groups is 2. The Balaban J connectivity index is 1.17. The van der Waals surface area contributed by atoms with Crippen LogP contribution in [0, 0.1) is 0 Å². The zero-order valence-electron chi connectivity index (χ0n) is 20.8. The van der Waals surface area contributed by atoms with E-state index in [1.54, 1.807) is 24.3 Å². The number of carbonyl (C=O) groups excluding carboxylic acids is 2. The minimum Gasteiger partial charge on any atom is -0.493 e. The number of para-hydroxylation sites is 1. The third-order valence-electron chi connectivity index (χ3n) is 6.46. The molecule has 3 aromatic rings. The fourth-order valence-electron chi connectivity index (χ4n) is 4.63. The number of ether oxygens (including phenoxy) is 2. The number of H-pyrrole nitrogens is 1. The molecule has 7 heteroatoms. The molecule has 0 aliphatic carbocycles. The molecule has 1 fully saturated rings. The van der Waals surface area contributed by atoms with Crippen LogP contribution < -0.4 is 14.8 Å². The monoisotopic (exact) mass is 487 g/mol. The number of allylic oxidation sites excluding steroid dienone is 2. The Hall–Kier alpha value is -3.84. The van der Waals surface area contributed by atoms with Gasteiger partial charge in [0.2, 0.25) is 5.91 Å². The smallest absolute Gasteiger partial charge is 0.308 e. The molecular formula is C29H33N3O4. The number of hydrogen-bond donors (Lipinski definition) is 2. The van der Waals surface area contributed by atoms with Crippen LogP contribution in [-0.2, 0) is 9.59 Å². The number of nitrogens with one attached hydrogen (secondary N) is 2. The van der Waals surface area contributed by atoms with Gasteiger partial charge in [-0.25, -0.2) is 0 Å². The number of rotatable bonds is 9. The highest BCUT2D eigenvalue weighted by Gasteiger charge is 2.22. The number of methoxy groups -OCH3 is 1. The van der Waals surface area contributed by atoms with Crippen LogP contribution in [0.1, 0.15) is 36.8 Å². The number of esters is 1. The van der Waals surface area contributed by atoms with Crippen LogP contribution in [0.2, 0.25) is 0 Å². The minimum atomic E-state index is -0.402. The highest BCUT2D eigenvalue weighted by molar-refractivity contribution is 5.88. The van der Waals surface area contributed by atoms with Gasteiger partial charge in [0.15, 0.2) is 11.5 Å². The van der Waals surface area contributed by atoms with Gasteiger partial charge < -0.3 is 24.7 Å². The lowest BCUT2D eigenvalue weighted by Gasteiger charge is -2.31. The Kier molecular flexibility index (Phi) is 8.57. The summed E-state index contributed by atoms with van der Waals surface area (Å²) in [6.45, 7) is 4.90. The van der Waals surface area contributed by atoms with Crippen LogP contribution in [0.25, 0.3) is 17.0 Å². The first-order valence-electron chi connectivity index (χ1n) is 12.3. The lowest BCUT2D eigenvalue weighted by atomic mass is 9.89. The number of benzene rings is 2. The number of amides is 1. The van der Waals surface area contributed by atoms with Gasteiger partial charge in [-0.05, 0) is 61.2 Å². The summed E-state index contributed by atoms with van der Waals surface area (Å²) in [5.74, 6) is 0.912. The Morgan fingerprint density at radius 3 is 2.69 bits per heavy atom. The average molecular weight is 488 g/mol. The highest BCUT2D eigenvalue weighted by Crippen LogP contribution is 2.33. The summed E-state index contributed by atoms with van der Waals surface area (Å²) in [6.07, 6.45) is 11.3. The van der Waals surface area contributed by atoms with Crippen molar-refractivity contribution in [3.05, 3.63) is 78.0 Å². The third kappa shape index (κ3) is 6.64. The van der Waals surface area contributed by atoms with Crippen molar-refractivity contribution < 1.29 is 19.1 Å². The quantitative estimate of drug-likeness (QED) is 0.198. The molecule has 7 nitrogen and oxygen atoms in total. The fourth-order valence-corrected chi connectivity index (χ4v) is 4.63. The maximum atomic E-state index is 12.2. The van der Waals surface area contributed by atoms with E-state index in [0.717, 1.165) is 38.0 Å². The Morgan fingerprint density at radius 2 is 1.92 bits per heavy atom. The standard InChI is InChI=1S/C29H33N3O4/c1-21(33)36-27-12-11-22(19-28(27)35-2)7-3-6-10-29(34)30-15-18-32-16-13-23(14-17-32)25-20-31-26-9-5-4-8-24(25)26/h3-12,19-20,23,31H,13-18H2,1-2H3,(H,30,34). The van der Waals surface area contributed by atoms with Gasteiger partial charge >= 0.3 is 5.97 Å². The molecule has 0 saturated carbocycles. The van der Waals surface area contributed by atoms with Gasteiger partial charge in [0, 0.05) is 43.2 Å². The molecule has 1 aliphatic rings. The summed E-state index contributed by atoms with van der Waals surface area (Å²) in [7, 11) is 1.52. The van der Waals surface area contributed by atoms with E-state index in [1.165, 1.54) is 36.6 Å². The molecular weight excluding hydrogens is 454 g/mol. The zero-order chi connectivity index (χ0) is 25.3. The Morgan fingerprint density at radius 1 is 1.11 bits per heavy atom. The van der Waals surface area contributed by atoms with Crippen molar-refractivity contribution in [3.63, 3.8) is 0 Å². The van der Waals surface area contributed by atoms with Crippen molar-refractivity contribution >= 4 is 28.9 Å². The second-order valence-corrected chi connectivity index (χ2v) is 8.92. The average Bonchev–Trinajstić information content (AvgIpc) is 3.32. The minimum absolute atomic E-state index is 0.115. The summed E-state index contributed by atoms with van der Waals surface area (Å²) in [5.41, 5.74) is 3.50. The lowest BCUT2D eigenvalue weighted by molar-refractivity contribution is -0.132. The molecule has 1 aliphatic heterocycles. The molecule has 0 spiro atoms. The van der Waals surface area contributed by atoms with Crippen LogP contribution in [0.5, 0.6) is 11.5 Å². The summed E-state index contributed by atoms with van der Waals surface area (Å²) in [5, 5.41) is 4.30. The second kappa shape index (κ2) is 12.2. The molecule has 4 rings (SSSR count). The number of fused-ring (bicyclic) bond motifs is 1. The largest absolute Gasteiger partial charge is 0.493 e. The van der Waals surface area contributed by atoms with E-state index >= 15 is 0 Å². The summed E-state index contributed by atoms with van der Waals surface area (Å²) in [6, 6.07) is 13.8. The Labute approximate surface area is 211 Å². The van der Waals surface area contributed by atoms with E-state index in [4.69, 9.17) is 9.47 Å². The summed E-state index contributed by atoms with van der Waals surface area (Å²) >= 11 is 0. The van der Waals surface area contributed by atoms with Crippen molar-refractivity contribution in [1.82, 2.24) is 15.2 Å². The normalized spacial score (nSPS) is 15.1. The molecule has 1 saturated heterocycles. The number of nitrogens with zero attached hydrogens (tertiary/aromatic N) is 1. The van der Waals surface area contributed by atoms with E-state index in [2.05, 4.69) is 45.7 Å². The highest BCUT2D eigenvalue weighted by atomic mass is 16.6. The van der Waals surface area contributed by atoms with Gasteiger partial charge in [-0.2, -0.15) is 0 Å². The van der Waals surface area contributed by atoms with E-state index < -0.39 is 5.97 Å². The van der Waals surface area contributed by atoms with E-state index in [9.17, 15) is 9.59 Å². The number of likely N-dealkylation sites (tertiary alicyclic amines) is 1. The van der Waals surface area contributed by atoms with Crippen LogP contribution in [0.4, 0.5) is 0 Å². The van der Waals surface area contributed by atoms with Gasteiger partial charge in [0.1, 0.15) is 0 Å². The summed E-state index contributed by atoms with van der Waals surface area (Å²) < 4.78 is 10.4. The summed E-state index contributed by atoms with van der Waals surface area (Å²) in [4.78, 5) is 29.1. The predicted molar refractivity (Wildman–Crippen MR) is 142 cm³/mol. The molecule has 2 aromatic carbocycles. The number of hydrogen-bond acceptors (Lipinski definition) is 5. The Bertz CT molecular complexity index is 1250. The molecule has 0 unspecified atom stereocenters. The lowest BCUT2D eigenvalue weighted by Crippen LogP contribution is -2.38. The molecule has 1 amide bonds. The topological polar surface area (TPSA) is 83.7 Å². The van der Waals surface area contributed by atoms with Crippen molar-refractivity contribution in [3.8, 4) is 11.5 Å². The van der Waals surface area contributed by atoms with Crippen LogP contribution in [0.15, 0.2) is 66.9 Å². The second-order valence-electron chi connectivity index (χ2n) is 8.92. The number of aromatic nitrogens is 1. The van der Waals surface area contributed by atoms with E-state index in [1.807, 2.05) is 12.1 Å². The van der Waals surface area contributed by atoms with Gasteiger partial charge in [-0.1, -0.05) is 42.5 Å². The maximum absolute atomic E-state index is 12.2. The number of piperidine rings is 1. The fraction of sp³-hybridized carbons (Fsp3) is 0.310. The van der Waals surface area contributed by atoms with Crippen LogP contribution in [-0.4, -0.2) is 55.0 Å². The van der Waals surface area contributed by atoms with E-state index in [-0.39, 0.29) is 5.91 Å². The maximum Gasteiger partial charge on any atom is 0.308 e. The SMILES string of the molecule is COc1cc(C=CC=CC(=O)NCCN2CCC(c3c[nH]c4ccccc34)CC2)ccc1OC(C)=O. The van der Waals surface area contributed by atoms with Crippen molar-refractivity contribution in [2.75, 3.05) is 33.3 Å². The van der Waals surface area contributed by atoms with Crippen LogP contribution >= 0.6 is 0 Å². The molecule has 0 radical (unpaired) electrons. The molecule has 0 bridgehead atoms. The van der Waals surface area contributed by atoms with Crippen molar-refractivity contribution in [2.45, 2.75) is 25.7 Å². The predicted octanol–water partition coefficient (Wildman–Crippen LogP) is 4.67. The van der Waals surface area contributed by atoms with Gasteiger partial charge in [0.05, 0.1) is 7.11 Å². The van der Waals surface area contributed by atoms with Gasteiger partial charge in [-0.3, -0.25) is 9.59 Å². The molecule has 2 heterocycles. The molecule has 0 atom stereocenters. The van der Waals surface area contributed by atoms with Gasteiger partial charge in [-0.15, -0.1) is 0 Å². The first kappa shape index (κ1) is 25.3. The molecule has 36 heavy (non-hydrogen) atoms. The molecule has 1 aromatic heterocycles. The first-order valence-corrected chi connectivity index (χ1v) is 12.3. The van der Waals surface area contributed by atoms with Crippen molar-refractivity contribution in [2.24, 2.45) is 0 Å². The number of aromatic amines is 1. The zero-order valence-corrected chi connectivity index (χ0v) is 20.8. The first-order chi connectivity index (χ1) is 17.5. The van der Waals surface area contributed by atoms with E-state index in [0.29, 0.717) is 24.0 Å². The third-order valence-corrected chi connectivity index (χ3v) is 6.46. The molecule has 2 N–H and O–H groups in total.